The van der Waals surface area contributed by atoms with E-state index in [2.05, 4.69) is 11.1 Å². The Balaban J connectivity index is 1.80. The minimum Gasteiger partial charge on any atom is -0.356 e. The summed E-state index contributed by atoms with van der Waals surface area (Å²) in [7, 11) is 0. The normalized spacial score (nSPS) is 20.4. The van der Waals surface area contributed by atoms with E-state index in [1.165, 1.54) is 24.6 Å². The number of hydrogen-bond acceptors (Lipinski definition) is 1. The van der Waals surface area contributed by atoms with E-state index in [4.69, 9.17) is 0 Å². The minimum atomic E-state index is -0.627. The number of aromatic amines is 1. The molecule has 1 N–H and O–H groups in total. The van der Waals surface area contributed by atoms with E-state index in [1.807, 2.05) is 18.2 Å². The van der Waals surface area contributed by atoms with Crippen LogP contribution in [0.25, 0.3) is 10.9 Å². The predicted octanol–water partition coefficient (Wildman–Crippen LogP) is 4.43. The van der Waals surface area contributed by atoms with E-state index >= 15 is 0 Å². The maximum atomic E-state index is 14.6. The molecule has 26 heavy (non-hydrogen) atoms. The topological polar surface area (TPSA) is 36.1 Å². The molecule has 3 aromatic rings. The lowest BCUT2D eigenvalue weighted by atomic mass is 9.83. The van der Waals surface area contributed by atoms with Crippen LogP contribution in [0.4, 0.5) is 8.78 Å². The molecule has 1 aliphatic carbocycles. The summed E-state index contributed by atoms with van der Waals surface area (Å²) in [4.78, 5) is 17.6. The third kappa shape index (κ3) is 2.06. The Labute approximate surface area is 149 Å². The van der Waals surface area contributed by atoms with Crippen molar-refractivity contribution in [3.63, 3.8) is 0 Å². The number of hydrogen-bond donors (Lipinski definition) is 1. The molecule has 2 aromatic carbocycles. The number of carbonyl (C=O) groups is 1. The third-order valence-electron chi connectivity index (χ3n) is 5.84. The van der Waals surface area contributed by atoms with Crippen LogP contribution in [0.5, 0.6) is 0 Å². The molecule has 0 radical (unpaired) electrons. The van der Waals surface area contributed by atoms with Crippen LogP contribution in [0.2, 0.25) is 0 Å². The molecule has 1 spiro atoms. The molecule has 1 unspecified atom stereocenters. The molecule has 3 nitrogen and oxygen atoms in total. The van der Waals surface area contributed by atoms with Crippen molar-refractivity contribution >= 4 is 16.8 Å². The van der Waals surface area contributed by atoms with Gasteiger partial charge in [-0.15, -0.1) is 0 Å². The van der Waals surface area contributed by atoms with Gasteiger partial charge in [-0.1, -0.05) is 24.3 Å². The van der Waals surface area contributed by atoms with Crippen LogP contribution in [0.1, 0.15) is 42.6 Å². The molecule has 2 aliphatic rings. The van der Waals surface area contributed by atoms with Gasteiger partial charge in [0.25, 0.3) is 0 Å². The second kappa shape index (κ2) is 5.16. The van der Waals surface area contributed by atoms with Crippen LogP contribution in [0.3, 0.4) is 0 Å². The highest BCUT2D eigenvalue weighted by Crippen LogP contribution is 2.57. The van der Waals surface area contributed by atoms with Crippen molar-refractivity contribution in [3.8, 4) is 0 Å². The summed E-state index contributed by atoms with van der Waals surface area (Å²) in [6.07, 6.45) is 2.04. The van der Waals surface area contributed by atoms with Gasteiger partial charge in [-0.3, -0.25) is 4.79 Å². The predicted molar refractivity (Wildman–Crippen MR) is 94.8 cm³/mol. The summed E-state index contributed by atoms with van der Waals surface area (Å²) in [6, 6.07) is 11.1. The Morgan fingerprint density at radius 2 is 1.96 bits per heavy atom. The fourth-order valence-electron chi connectivity index (χ4n) is 4.49. The monoisotopic (exact) mass is 352 g/mol. The minimum absolute atomic E-state index is 0.0480. The van der Waals surface area contributed by atoms with Gasteiger partial charge < -0.3 is 9.88 Å². The van der Waals surface area contributed by atoms with Crippen molar-refractivity contribution in [1.82, 2.24) is 9.88 Å². The lowest BCUT2D eigenvalue weighted by molar-refractivity contribution is -0.131. The molecule has 1 aromatic heterocycles. The number of aromatic nitrogens is 1. The number of carbonyl (C=O) groups excluding carboxylic acids is 1. The summed E-state index contributed by atoms with van der Waals surface area (Å²) in [6.45, 7) is 2.08. The first-order valence-corrected chi connectivity index (χ1v) is 8.83. The lowest BCUT2D eigenvalue weighted by Gasteiger charge is -2.40. The van der Waals surface area contributed by atoms with Gasteiger partial charge in [-0.2, -0.15) is 0 Å². The molecule has 1 atom stereocenters. The number of nitrogens with one attached hydrogen (secondary N) is 1. The standard InChI is InChI=1S/C21H18F2N2O/c1-12(26)25-11-21(8-9-21)18-15-4-2-3-5-17(15)24-19(18)20(25)14-7-6-13(22)10-16(14)23/h2-7,10,20,24H,8-9,11H2,1H3. The zero-order valence-electron chi connectivity index (χ0n) is 14.4. The van der Waals surface area contributed by atoms with E-state index in [-0.39, 0.29) is 11.3 Å². The van der Waals surface area contributed by atoms with Gasteiger partial charge in [0.1, 0.15) is 17.7 Å². The van der Waals surface area contributed by atoms with Crippen LogP contribution < -0.4 is 0 Å². The molecule has 1 amide bonds. The molecule has 0 bridgehead atoms. The number of rotatable bonds is 1. The number of benzene rings is 2. The molecule has 5 heteroatoms. The maximum Gasteiger partial charge on any atom is 0.220 e. The summed E-state index contributed by atoms with van der Waals surface area (Å²) in [5.74, 6) is -1.35. The fourth-order valence-corrected chi connectivity index (χ4v) is 4.49. The number of halogens is 2. The number of para-hydroxylation sites is 1. The number of amides is 1. The first kappa shape index (κ1) is 15.6. The van der Waals surface area contributed by atoms with E-state index in [0.717, 1.165) is 35.5 Å². The SMILES string of the molecule is CC(=O)N1CC2(CC2)c2c([nH]c3ccccc23)C1c1ccc(F)cc1F. The smallest absolute Gasteiger partial charge is 0.220 e. The second-order valence-electron chi connectivity index (χ2n) is 7.45. The summed E-state index contributed by atoms with van der Waals surface area (Å²) < 4.78 is 28.1. The van der Waals surface area contributed by atoms with Gasteiger partial charge >= 0.3 is 0 Å². The van der Waals surface area contributed by atoms with E-state index in [0.29, 0.717) is 12.1 Å². The van der Waals surface area contributed by atoms with E-state index in [9.17, 15) is 13.6 Å². The van der Waals surface area contributed by atoms with Crippen molar-refractivity contribution in [1.29, 1.82) is 0 Å². The van der Waals surface area contributed by atoms with Gasteiger partial charge in [0.15, 0.2) is 0 Å². The van der Waals surface area contributed by atoms with Gasteiger partial charge in [0, 0.05) is 47.1 Å². The fraction of sp³-hybridized carbons (Fsp3) is 0.286. The van der Waals surface area contributed by atoms with Gasteiger partial charge in [-0.05, 0) is 30.5 Å². The molecule has 132 valence electrons. The van der Waals surface area contributed by atoms with Gasteiger partial charge in [-0.25, -0.2) is 8.78 Å². The molecule has 1 aliphatic heterocycles. The van der Waals surface area contributed by atoms with Crippen molar-refractivity contribution in [2.45, 2.75) is 31.2 Å². The van der Waals surface area contributed by atoms with E-state index in [1.54, 1.807) is 4.90 Å². The second-order valence-corrected chi connectivity index (χ2v) is 7.45. The van der Waals surface area contributed by atoms with Crippen molar-refractivity contribution in [3.05, 3.63) is 70.9 Å². The van der Waals surface area contributed by atoms with E-state index < -0.39 is 17.7 Å². The summed E-state index contributed by atoms with van der Waals surface area (Å²) in [5.41, 5.74) is 3.31. The largest absolute Gasteiger partial charge is 0.356 e. The van der Waals surface area contributed by atoms with Gasteiger partial charge in [0.05, 0.1) is 0 Å². The Hall–Kier alpha value is -2.69. The molecular weight excluding hydrogens is 334 g/mol. The van der Waals surface area contributed by atoms with Crippen LogP contribution in [0.15, 0.2) is 42.5 Å². The Morgan fingerprint density at radius 1 is 1.19 bits per heavy atom. The Bertz CT molecular complexity index is 1050. The first-order valence-electron chi connectivity index (χ1n) is 8.83. The Morgan fingerprint density at radius 3 is 2.65 bits per heavy atom. The highest BCUT2D eigenvalue weighted by molar-refractivity contribution is 5.88. The Kier molecular flexibility index (Phi) is 3.09. The number of fused-ring (bicyclic) bond motifs is 4. The average molecular weight is 352 g/mol. The summed E-state index contributed by atoms with van der Waals surface area (Å²) in [5, 5.41) is 1.13. The van der Waals surface area contributed by atoms with Crippen molar-refractivity contribution < 1.29 is 13.6 Å². The molecule has 1 fully saturated rings. The van der Waals surface area contributed by atoms with Crippen molar-refractivity contribution in [2.75, 3.05) is 6.54 Å². The van der Waals surface area contributed by atoms with Crippen molar-refractivity contribution in [2.24, 2.45) is 0 Å². The molecule has 1 saturated carbocycles. The highest BCUT2D eigenvalue weighted by atomic mass is 19.1. The average Bonchev–Trinajstić information content (AvgIpc) is 3.25. The molecule has 2 heterocycles. The van der Waals surface area contributed by atoms with Crippen LogP contribution in [-0.2, 0) is 10.2 Å². The molecule has 5 rings (SSSR count). The zero-order valence-corrected chi connectivity index (χ0v) is 14.4. The maximum absolute atomic E-state index is 14.6. The molecule has 0 saturated heterocycles. The number of H-pyrrole nitrogens is 1. The lowest BCUT2D eigenvalue weighted by Crippen LogP contribution is -2.44. The zero-order chi connectivity index (χ0) is 18.1. The van der Waals surface area contributed by atoms with Gasteiger partial charge in [0.2, 0.25) is 5.91 Å². The first-order chi connectivity index (χ1) is 12.5. The van der Waals surface area contributed by atoms with Crippen LogP contribution in [-0.4, -0.2) is 22.3 Å². The quantitative estimate of drug-likeness (QED) is 0.691. The van der Waals surface area contributed by atoms with Crippen LogP contribution in [0, 0.1) is 11.6 Å². The molecular formula is C21H18F2N2O. The number of nitrogens with zero attached hydrogens (tertiary/aromatic N) is 1. The summed E-state index contributed by atoms with van der Waals surface area (Å²) >= 11 is 0. The third-order valence-corrected chi connectivity index (χ3v) is 5.84. The van der Waals surface area contributed by atoms with Crippen LogP contribution >= 0.6 is 0 Å². The highest BCUT2D eigenvalue weighted by Gasteiger charge is 2.54.